The lowest BCUT2D eigenvalue weighted by Crippen LogP contribution is -2.48. The Bertz CT molecular complexity index is 702. The van der Waals surface area contributed by atoms with E-state index in [9.17, 15) is 22.8 Å². The molecule has 1 heterocycles. The lowest BCUT2D eigenvalue weighted by Gasteiger charge is -2.30. The van der Waals surface area contributed by atoms with Crippen molar-refractivity contribution in [3.63, 3.8) is 0 Å². The Morgan fingerprint density at radius 2 is 1.92 bits per heavy atom. The lowest BCUT2D eigenvalue weighted by molar-refractivity contribution is -0.138. The minimum Gasteiger partial charge on any atom is -0.350 e. The molecule has 0 unspecified atom stereocenters. The molecule has 2 fully saturated rings. The number of rotatable bonds is 4. The van der Waals surface area contributed by atoms with E-state index in [1.807, 2.05) is 0 Å². The lowest BCUT2D eigenvalue weighted by atomic mass is 10.1. The number of amides is 2. The number of carbonyl (C=O) groups is 2. The van der Waals surface area contributed by atoms with Gasteiger partial charge in [-0.2, -0.15) is 13.2 Å². The molecule has 26 heavy (non-hydrogen) atoms. The van der Waals surface area contributed by atoms with E-state index >= 15 is 0 Å². The van der Waals surface area contributed by atoms with Crippen molar-refractivity contribution in [3.05, 3.63) is 34.3 Å². The van der Waals surface area contributed by atoms with Gasteiger partial charge in [-0.1, -0.05) is 36.6 Å². The van der Waals surface area contributed by atoms with Gasteiger partial charge in [0.2, 0.25) is 11.8 Å². The maximum absolute atomic E-state index is 12.9. The highest BCUT2D eigenvalue weighted by Crippen LogP contribution is 2.36. The summed E-state index contributed by atoms with van der Waals surface area (Å²) < 4.78 is 38.8. The maximum atomic E-state index is 12.9. The first-order valence-corrected chi connectivity index (χ1v) is 9.10. The Morgan fingerprint density at radius 1 is 1.23 bits per heavy atom. The fourth-order valence-corrected chi connectivity index (χ4v) is 4.14. The molecule has 142 valence electrons. The summed E-state index contributed by atoms with van der Waals surface area (Å²) in [6, 6.07) is 3.17. The quantitative estimate of drug-likeness (QED) is 0.850. The Balaban J connectivity index is 1.68. The van der Waals surface area contributed by atoms with Crippen molar-refractivity contribution < 1.29 is 22.8 Å². The summed E-state index contributed by atoms with van der Waals surface area (Å²) in [4.78, 5) is 26.4. The van der Waals surface area contributed by atoms with E-state index in [0.29, 0.717) is 12.8 Å². The topological polar surface area (TPSA) is 49.4 Å². The van der Waals surface area contributed by atoms with Crippen molar-refractivity contribution in [3.8, 4) is 0 Å². The fraction of sp³-hybridized carbons (Fsp3) is 0.556. The molecule has 1 aromatic carbocycles. The number of carbonyl (C=O) groups excluding carboxylic acids is 2. The van der Waals surface area contributed by atoms with Crippen molar-refractivity contribution in [2.24, 2.45) is 0 Å². The minimum absolute atomic E-state index is 0.0193. The smallest absolute Gasteiger partial charge is 0.350 e. The van der Waals surface area contributed by atoms with Crippen LogP contribution >= 0.6 is 11.6 Å². The zero-order valence-corrected chi connectivity index (χ0v) is 14.9. The highest BCUT2D eigenvalue weighted by molar-refractivity contribution is 6.32. The standard InChI is InChI=1S/C18H20ClF3N2O2/c19-16-11(4-3-7-13(16)18(20,21)22)10-23-17(26)14-8-9-15(25)24(14)12-5-1-2-6-12/h3-4,7,12,14H,1-2,5-6,8-10H2,(H,23,26)/t14-/m0/s1. The van der Waals surface area contributed by atoms with E-state index in [1.165, 1.54) is 12.1 Å². The van der Waals surface area contributed by atoms with Crippen molar-refractivity contribution in [2.45, 2.75) is 63.3 Å². The van der Waals surface area contributed by atoms with Gasteiger partial charge in [-0.3, -0.25) is 9.59 Å². The van der Waals surface area contributed by atoms with Gasteiger partial charge in [-0.05, 0) is 30.9 Å². The first-order chi connectivity index (χ1) is 12.3. The van der Waals surface area contributed by atoms with Gasteiger partial charge >= 0.3 is 6.18 Å². The second kappa shape index (κ2) is 7.47. The molecule has 8 heteroatoms. The molecular formula is C18H20ClF3N2O2. The summed E-state index contributed by atoms with van der Waals surface area (Å²) in [7, 11) is 0. The summed E-state index contributed by atoms with van der Waals surface area (Å²) in [6.45, 7) is -0.106. The molecule has 1 saturated carbocycles. The van der Waals surface area contributed by atoms with Crippen LogP contribution in [0, 0.1) is 0 Å². The molecule has 3 rings (SSSR count). The predicted molar refractivity (Wildman–Crippen MR) is 90.4 cm³/mol. The van der Waals surface area contributed by atoms with Crippen molar-refractivity contribution in [2.75, 3.05) is 0 Å². The Kier molecular flexibility index (Phi) is 5.46. The predicted octanol–water partition coefficient (Wildman–Crippen LogP) is 3.91. The number of hydrogen-bond acceptors (Lipinski definition) is 2. The largest absolute Gasteiger partial charge is 0.417 e. The molecule has 1 aliphatic carbocycles. The van der Waals surface area contributed by atoms with E-state index < -0.39 is 22.8 Å². The molecule has 0 spiro atoms. The molecule has 0 radical (unpaired) electrons. The molecule has 1 atom stereocenters. The van der Waals surface area contributed by atoms with Gasteiger partial charge < -0.3 is 10.2 Å². The van der Waals surface area contributed by atoms with Crippen LogP contribution in [0.15, 0.2) is 18.2 Å². The number of benzene rings is 1. The van der Waals surface area contributed by atoms with E-state index in [-0.39, 0.29) is 30.0 Å². The van der Waals surface area contributed by atoms with Crippen LogP contribution in [0.3, 0.4) is 0 Å². The fourth-order valence-electron chi connectivity index (χ4n) is 3.84. The zero-order chi connectivity index (χ0) is 18.9. The number of likely N-dealkylation sites (tertiary alicyclic amines) is 1. The van der Waals surface area contributed by atoms with Crippen LogP contribution in [0.5, 0.6) is 0 Å². The molecule has 1 saturated heterocycles. The van der Waals surface area contributed by atoms with Crippen LogP contribution in [-0.4, -0.2) is 28.8 Å². The average molecular weight is 389 g/mol. The van der Waals surface area contributed by atoms with Gasteiger partial charge in [-0.25, -0.2) is 0 Å². The van der Waals surface area contributed by atoms with Crippen LogP contribution in [0.4, 0.5) is 13.2 Å². The van der Waals surface area contributed by atoms with E-state index in [2.05, 4.69) is 5.32 Å². The van der Waals surface area contributed by atoms with E-state index in [1.54, 1.807) is 4.90 Å². The maximum Gasteiger partial charge on any atom is 0.417 e. The number of alkyl halides is 3. The van der Waals surface area contributed by atoms with E-state index in [0.717, 1.165) is 31.7 Å². The third-order valence-corrected chi connectivity index (χ3v) is 5.56. The first-order valence-electron chi connectivity index (χ1n) is 8.72. The average Bonchev–Trinajstić information content (AvgIpc) is 3.21. The summed E-state index contributed by atoms with van der Waals surface area (Å²) in [6.07, 6.45) is 0.111. The second-order valence-electron chi connectivity index (χ2n) is 6.79. The monoisotopic (exact) mass is 388 g/mol. The Hall–Kier alpha value is -1.76. The third kappa shape index (κ3) is 3.82. The Morgan fingerprint density at radius 3 is 2.58 bits per heavy atom. The summed E-state index contributed by atoms with van der Waals surface area (Å²) in [5.74, 6) is -0.356. The van der Waals surface area contributed by atoms with Crippen LogP contribution in [0.1, 0.15) is 49.7 Å². The number of hydrogen-bond donors (Lipinski definition) is 1. The highest BCUT2D eigenvalue weighted by Gasteiger charge is 2.41. The van der Waals surface area contributed by atoms with Crippen molar-refractivity contribution in [1.29, 1.82) is 0 Å². The van der Waals surface area contributed by atoms with Crippen molar-refractivity contribution >= 4 is 23.4 Å². The van der Waals surface area contributed by atoms with E-state index in [4.69, 9.17) is 11.6 Å². The minimum atomic E-state index is -4.55. The summed E-state index contributed by atoms with van der Waals surface area (Å²) in [5, 5.41) is 2.24. The molecule has 4 nitrogen and oxygen atoms in total. The molecule has 2 aliphatic rings. The van der Waals surface area contributed by atoms with Gasteiger partial charge in [-0.15, -0.1) is 0 Å². The Labute approximate surface area is 154 Å². The van der Waals surface area contributed by atoms with Gasteiger partial charge in [0.1, 0.15) is 6.04 Å². The molecule has 0 bridgehead atoms. The van der Waals surface area contributed by atoms with Crippen LogP contribution in [0.2, 0.25) is 5.02 Å². The summed E-state index contributed by atoms with van der Waals surface area (Å²) in [5.41, 5.74) is -0.721. The molecule has 1 aromatic rings. The molecular weight excluding hydrogens is 369 g/mol. The third-order valence-electron chi connectivity index (χ3n) is 5.11. The zero-order valence-electron chi connectivity index (χ0n) is 14.1. The SMILES string of the molecule is O=C(NCc1cccc(C(F)(F)F)c1Cl)[C@@H]1CCC(=O)N1C1CCCC1. The molecule has 0 aromatic heterocycles. The van der Waals surface area contributed by atoms with Gasteiger partial charge in [0.25, 0.3) is 0 Å². The van der Waals surface area contributed by atoms with Crippen LogP contribution < -0.4 is 5.32 Å². The number of nitrogens with one attached hydrogen (secondary N) is 1. The van der Waals surface area contributed by atoms with Gasteiger partial charge in [0.15, 0.2) is 0 Å². The number of nitrogens with zero attached hydrogens (tertiary/aromatic N) is 1. The van der Waals surface area contributed by atoms with Gasteiger partial charge in [0.05, 0.1) is 10.6 Å². The number of halogens is 4. The second-order valence-corrected chi connectivity index (χ2v) is 7.17. The highest BCUT2D eigenvalue weighted by atomic mass is 35.5. The van der Waals surface area contributed by atoms with Crippen molar-refractivity contribution in [1.82, 2.24) is 10.2 Å². The normalized spacial score (nSPS) is 21.5. The van der Waals surface area contributed by atoms with Crippen LogP contribution in [0.25, 0.3) is 0 Å². The molecule has 1 aliphatic heterocycles. The summed E-state index contributed by atoms with van der Waals surface area (Å²) >= 11 is 5.86. The first kappa shape index (κ1) is 19.0. The van der Waals surface area contributed by atoms with Gasteiger partial charge in [0, 0.05) is 19.0 Å². The molecule has 2 amide bonds. The van der Waals surface area contributed by atoms with Crippen LogP contribution in [-0.2, 0) is 22.3 Å². The molecule has 1 N–H and O–H groups in total.